The second kappa shape index (κ2) is 7.80. The third kappa shape index (κ3) is 4.28. The third-order valence-electron chi connectivity index (χ3n) is 4.53. The first-order valence-corrected chi connectivity index (χ1v) is 9.24. The van der Waals surface area contributed by atoms with Crippen molar-refractivity contribution in [1.82, 2.24) is 19.9 Å². The van der Waals surface area contributed by atoms with Crippen molar-refractivity contribution in [2.75, 3.05) is 31.2 Å². The number of hydrogen-bond donors (Lipinski definition) is 0. The zero-order chi connectivity index (χ0) is 18.6. The molecule has 0 amide bonds. The van der Waals surface area contributed by atoms with E-state index in [2.05, 4.69) is 41.1 Å². The Kier molecular flexibility index (Phi) is 5.07. The molecule has 1 aromatic carbocycles. The Bertz CT molecular complexity index is 937. The normalized spacial score (nSPS) is 14.4. The molecule has 0 saturated carbocycles. The second-order valence-electron chi connectivity index (χ2n) is 6.80. The van der Waals surface area contributed by atoms with Crippen LogP contribution < -0.4 is 4.90 Å². The summed E-state index contributed by atoms with van der Waals surface area (Å²) in [6, 6.07) is 14.3. The van der Waals surface area contributed by atoms with Crippen LogP contribution in [0.1, 0.15) is 22.6 Å². The summed E-state index contributed by atoms with van der Waals surface area (Å²) in [5, 5.41) is 0. The van der Waals surface area contributed by atoms with Crippen LogP contribution in [0.4, 0.5) is 5.95 Å². The standard InChI is InChI=1S/C21H23N5O/c1-15-5-3-7-17(13-15)14-19-23-20(18-8-4-6-16(2)22-18)25-21(24-19)26-9-11-27-12-10-26/h3-8,13H,9-12,14H2,1-2H3. The molecule has 2 aromatic heterocycles. The highest BCUT2D eigenvalue weighted by molar-refractivity contribution is 5.52. The van der Waals surface area contributed by atoms with Crippen LogP contribution in [-0.2, 0) is 11.2 Å². The number of nitrogens with zero attached hydrogens (tertiary/aromatic N) is 5. The first-order chi connectivity index (χ1) is 13.2. The summed E-state index contributed by atoms with van der Waals surface area (Å²) in [5.74, 6) is 2.09. The van der Waals surface area contributed by atoms with E-state index in [0.29, 0.717) is 31.4 Å². The summed E-state index contributed by atoms with van der Waals surface area (Å²) in [7, 11) is 0. The minimum atomic E-state index is 0.623. The van der Waals surface area contributed by atoms with Gasteiger partial charge in [0.1, 0.15) is 11.5 Å². The minimum absolute atomic E-state index is 0.623. The molecule has 0 atom stereocenters. The average Bonchev–Trinajstić information content (AvgIpc) is 2.68. The maximum absolute atomic E-state index is 5.47. The van der Waals surface area contributed by atoms with Crippen molar-refractivity contribution in [2.45, 2.75) is 20.3 Å². The zero-order valence-electron chi connectivity index (χ0n) is 15.7. The first-order valence-electron chi connectivity index (χ1n) is 9.24. The van der Waals surface area contributed by atoms with Gasteiger partial charge >= 0.3 is 0 Å². The third-order valence-corrected chi connectivity index (χ3v) is 4.53. The van der Waals surface area contributed by atoms with Crippen LogP contribution >= 0.6 is 0 Å². The molecule has 1 aliphatic rings. The van der Waals surface area contributed by atoms with Gasteiger partial charge in [0.2, 0.25) is 5.95 Å². The highest BCUT2D eigenvalue weighted by atomic mass is 16.5. The van der Waals surface area contributed by atoms with Gasteiger partial charge in [0.25, 0.3) is 0 Å². The van der Waals surface area contributed by atoms with Gasteiger partial charge < -0.3 is 9.64 Å². The van der Waals surface area contributed by atoms with Crippen molar-refractivity contribution in [3.63, 3.8) is 0 Å². The quantitative estimate of drug-likeness (QED) is 0.712. The number of aryl methyl sites for hydroxylation is 2. The molecule has 0 unspecified atom stereocenters. The molecule has 138 valence electrons. The highest BCUT2D eigenvalue weighted by Gasteiger charge is 2.18. The molecule has 1 fully saturated rings. The number of aromatic nitrogens is 4. The fourth-order valence-electron chi connectivity index (χ4n) is 3.18. The summed E-state index contributed by atoms with van der Waals surface area (Å²) in [4.78, 5) is 20.9. The zero-order valence-corrected chi connectivity index (χ0v) is 15.7. The maximum atomic E-state index is 5.47. The van der Waals surface area contributed by atoms with E-state index in [-0.39, 0.29) is 0 Å². The summed E-state index contributed by atoms with van der Waals surface area (Å²) < 4.78 is 5.47. The van der Waals surface area contributed by atoms with Gasteiger partial charge in [0, 0.05) is 25.2 Å². The molecule has 3 aromatic rings. The summed E-state index contributed by atoms with van der Waals surface area (Å²) in [6.45, 7) is 7.02. The molecule has 6 heteroatoms. The monoisotopic (exact) mass is 361 g/mol. The molecule has 0 N–H and O–H groups in total. The Morgan fingerprint density at radius 1 is 0.926 bits per heavy atom. The number of morpholine rings is 1. The van der Waals surface area contributed by atoms with E-state index < -0.39 is 0 Å². The first kappa shape index (κ1) is 17.5. The number of rotatable bonds is 4. The number of anilines is 1. The molecule has 0 spiro atoms. The van der Waals surface area contributed by atoms with E-state index in [9.17, 15) is 0 Å². The molecule has 0 aliphatic carbocycles. The molecule has 27 heavy (non-hydrogen) atoms. The Balaban J connectivity index is 1.73. The van der Waals surface area contributed by atoms with Gasteiger partial charge in [-0.25, -0.2) is 9.97 Å². The molecule has 0 radical (unpaired) electrons. The average molecular weight is 361 g/mol. The fourth-order valence-corrected chi connectivity index (χ4v) is 3.18. The highest BCUT2D eigenvalue weighted by Crippen LogP contribution is 2.19. The van der Waals surface area contributed by atoms with Gasteiger partial charge in [0.15, 0.2) is 5.82 Å². The molecular formula is C21H23N5O. The lowest BCUT2D eigenvalue weighted by Gasteiger charge is -2.27. The van der Waals surface area contributed by atoms with Crippen LogP contribution in [0.5, 0.6) is 0 Å². The Morgan fingerprint density at radius 2 is 1.74 bits per heavy atom. The van der Waals surface area contributed by atoms with Crippen LogP contribution in [0.3, 0.4) is 0 Å². The molecule has 3 heterocycles. The van der Waals surface area contributed by atoms with E-state index in [0.717, 1.165) is 30.3 Å². The summed E-state index contributed by atoms with van der Waals surface area (Å²) in [5.41, 5.74) is 4.14. The van der Waals surface area contributed by atoms with E-state index in [1.54, 1.807) is 0 Å². The van der Waals surface area contributed by atoms with Crippen LogP contribution in [0.25, 0.3) is 11.5 Å². The molecule has 0 bridgehead atoms. The summed E-state index contributed by atoms with van der Waals surface area (Å²) in [6.07, 6.45) is 0.667. The smallest absolute Gasteiger partial charge is 0.229 e. The molecule has 1 aliphatic heterocycles. The van der Waals surface area contributed by atoms with E-state index in [1.165, 1.54) is 11.1 Å². The second-order valence-corrected chi connectivity index (χ2v) is 6.80. The van der Waals surface area contributed by atoms with Crippen LogP contribution in [0.2, 0.25) is 0 Å². The lowest BCUT2D eigenvalue weighted by molar-refractivity contribution is 0.122. The van der Waals surface area contributed by atoms with Gasteiger partial charge in [-0.15, -0.1) is 0 Å². The van der Waals surface area contributed by atoms with Crippen molar-refractivity contribution in [3.05, 3.63) is 65.1 Å². The number of ether oxygens (including phenoxy) is 1. The molecular weight excluding hydrogens is 338 g/mol. The number of pyridine rings is 1. The van der Waals surface area contributed by atoms with Crippen LogP contribution in [-0.4, -0.2) is 46.2 Å². The lowest BCUT2D eigenvalue weighted by Crippen LogP contribution is -2.37. The van der Waals surface area contributed by atoms with Crippen LogP contribution in [0, 0.1) is 13.8 Å². The number of hydrogen-bond acceptors (Lipinski definition) is 6. The van der Waals surface area contributed by atoms with E-state index >= 15 is 0 Å². The van der Waals surface area contributed by atoms with Gasteiger partial charge in [0.05, 0.1) is 13.2 Å². The minimum Gasteiger partial charge on any atom is -0.378 e. The molecule has 1 saturated heterocycles. The Morgan fingerprint density at radius 3 is 2.52 bits per heavy atom. The van der Waals surface area contributed by atoms with Gasteiger partial charge in [-0.1, -0.05) is 35.9 Å². The Hall–Kier alpha value is -2.86. The summed E-state index contributed by atoms with van der Waals surface area (Å²) >= 11 is 0. The van der Waals surface area contributed by atoms with Crippen molar-refractivity contribution >= 4 is 5.95 Å². The van der Waals surface area contributed by atoms with Crippen molar-refractivity contribution in [1.29, 1.82) is 0 Å². The van der Waals surface area contributed by atoms with E-state index in [1.807, 2.05) is 25.1 Å². The van der Waals surface area contributed by atoms with Gasteiger partial charge in [-0.2, -0.15) is 9.97 Å². The SMILES string of the molecule is Cc1cccc(Cc2nc(-c3cccc(C)n3)nc(N3CCOCC3)n2)c1. The van der Waals surface area contributed by atoms with Crippen LogP contribution in [0.15, 0.2) is 42.5 Å². The van der Waals surface area contributed by atoms with E-state index in [4.69, 9.17) is 19.7 Å². The van der Waals surface area contributed by atoms with Gasteiger partial charge in [-0.05, 0) is 31.5 Å². The predicted octanol–water partition coefficient (Wildman–Crippen LogP) is 2.98. The van der Waals surface area contributed by atoms with Gasteiger partial charge in [-0.3, -0.25) is 0 Å². The topological polar surface area (TPSA) is 64.0 Å². The van der Waals surface area contributed by atoms with Crippen molar-refractivity contribution in [2.24, 2.45) is 0 Å². The maximum Gasteiger partial charge on any atom is 0.229 e. The Labute approximate surface area is 159 Å². The fraction of sp³-hybridized carbons (Fsp3) is 0.333. The molecule has 6 nitrogen and oxygen atoms in total. The lowest BCUT2D eigenvalue weighted by atomic mass is 10.1. The largest absolute Gasteiger partial charge is 0.378 e. The van der Waals surface area contributed by atoms with Crippen molar-refractivity contribution < 1.29 is 4.74 Å². The number of benzene rings is 1. The predicted molar refractivity (Wildman–Crippen MR) is 105 cm³/mol. The molecule has 4 rings (SSSR count). The van der Waals surface area contributed by atoms with Crippen molar-refractivity contribution in [3.8, 4) is 11.5 Å².